The Bertz CT molecular complexity index is 399. The van der Waals surface area contributed by atoms with Gasteiger partial charge in [-0.3, -0.25) is 0 Å². The lowest BCUT2D eigenvalue weighted by molar-refractivity contribution is 0.272. The van der Waals surface area contributed by atoms with Gasteiger partial charge in [-0.25, -0.2) is 15.0 Å². The lowest BCUT2D eigenvalue weighted by Crippen LogP contribution is -2.35. The number of hydrogen-bond donors (Lipinski definition) is 2. The molecule has 1 aliphatic heterocycles. The summed E-state index contributed by atoms with van der Waals surface area (Å²) in [7, 11) is 1.90. The van der Waals surface area contributed by atoms with Crippen molar-refractivity contribution in [1.29, 1.82) is 0 Å². The Morgan fingerprint density at radius 2 is 1.78 bits per heavy atom. The van der Waals surface area contributed by atoms with Crippen LogP contribution in [0.15, 0.2) is 0 Å². The number of nitrogens with one attached hydrogen (secondary N) is 2. The van der Waals surface area contributed by atoms with E-state index in [4.69, 9.17) is 0 Å². The molecular formula is C13H23N5. The van der Waals surface area contributed by atoms with E-state index in [9.17, 15) is 0 Å². The molecule has 100 valence electrons. The van der Waals surface area contributed by atoms with Gasteiger partial charge in [-0.05, 0) is 19.8 Å². The molecule has 0 atom stereocenters. The maximum absolute atomic E-state index is 4.59. The van der Waals surface area contributed by atoms with E-state index in [-0.39, 0.29) is 0 Å². The Morgan fingerprint density at radius 1 is 1.11 bits per heavy atom. The summed E-state index contributed by atoms with van der Waals surface area (Å²) >= 11 is 0. The summed E-state index contributed by atoms with van der Waals surface area (Å²) in [6, 6.07) is 0. The van der Waals surface area contributed by atoms with E-state index >= 15 is 0 Å². The van der Waals surface area contributed by atoms with Gasteiger partial charge in [-0.2, -0.15) is 0 Å². The molecule has 2 N–H and O–H groups in total. The van der Waals surface area contributed by atoms with Crippen molar-refractivity contribution in [2.24, 2.45) is 0 Å². The van der Waals surface area contributed by atoms with Crippen LogP contribution in [-0.4, -0.2) is 35.1 Å². The predicted molar refractivity (Wildman–Crippen MR) is 74.7 cm³/mol. The normalized spacial score (nSPS) is 16.6. The molecular weight excluding hydrogens is 226 g/mol. The van der Waals surface area contributed by atoms with E-state index < -0.39 is 0 Å². The van der Waals surface area contributed by atoms with Crippen LogP contribution < -0.4 is 10.7 Å². The van der Waals surface area contributed by atoms with Crippen LogP contribution in [0.3, 0.4) is 0 Å². The fraction of sp³-hybridized carbons (Fsp3) is 0.692. The van der Waals surface area contributed by atoms with Gasteiger partial charge in [0, 0.05) is 32.1 Å². The predicted octanol–water partition coefficient (Wildman–Crippen LogP) is 2.20. The van der Waals surface area contributed by atoms with E-state index in [1.165, 1.54) is 19.3 Å². The van der Waals surface area contributed by atoms with Gasteiger partial charge in [0.2, 0.25) is 0 Å². The first-order valence-corrected chi connectivity index (χ1v) is 6.81. The Hall–Kier alpha value is -1.36. The number of hydrogen-bond acceptors (Lipinski definition) is 5. The zero-order valence-electron chi connectivity index (χ0n) is 11.6. The number of anilines is 2. The number of piperidine rings is 1. The highest BCUT2D eigenvalue weighted by molar-refractivity contribution is 5.56. The minimum absolute atomic E-state index is 0.851. The monoisotopic (exact) mass is 249 g/mol. The van der Waals surface area contributed by atoms with Crippen molar-refractivity contribution in [1.82, 2.24) is 15.0 Å². The number of nitrogens with zero attached hydrogens (tertiary/aromatic N) is 3. The molecule has 5 heteroatoms. The van der Waals surface area contributed by atoms with E-state index in [1.807, 2.05) is 7.05 Å². The number of rotatable bonds is 4. The van der Waals surface area contributed by atoms with Gasteiger partial charge < -0.3 is 10.7 Å². The third-order valence-corrected chi connectivity index (χ3v) is 3.37. The summed E-state index contributed by atoms with van der Waals surface area (Å²) in [6.07, 6.45) is 4.71. The second kappa shape index (κ2) is 6.00. The van der Waals surface area contributed by atoms with E-state index in [1.54, 1.807) is 0 Å². The number of aromatic nitrogens is 2. The number of hydrazine groups is 1. The van der Waals surface area contributed by atoms with Crippen LogP contribution in [0.5, 0.6) is 0 Å². The van der Waals surface area contributed by atoms with Crippen molar-refractivity contribution >= 4 is 11.6 Å². The third kappa shape index (κ3) is 2.90. The van der Waals surface area contributed by atoms with Gasteiger partial charge in [-0.1, -0.05) is 13.3 Å². The minimum Gasteiger partial charge on any atom is -0.373 e. The van der Waals surface area contributed by atoms with Crippen LogP contribution in [0.1, 0.15) is 37.6 Å². The Balaban J connectivity index is 2.19. The molecule has 1 aromatic rings. The zero-order valence-corrected chi connectivity index (χ0v) is 11.6. The van der Waals surface area contributed by atoms with Crippen LogP contribution in [0.2, 0.25) is 0 Å². The van der Waals surface area contributed by atoms with Crippen molar-refractivity contribution in [3.8, 4) is 0 Å². The topological polar surface area (TPSA) is 53.1 Å². The van der Waals surface area contributed by atoms with Crippen molar-refractivity contribution in [3.63, 3.8) is 0 Å². The largest absolute Gasteiger partial charge is 0.373 e. The van der Waals surface area contributed by atoms with Crippen LogP contribution in [0.4, 0.5) is 11.6 Å². The summed E-state index contributed by atoms with van der Waals surface area (Å²) in [4.78, 5) is 9.07. The number of aryl methyl sites for hydroxylation is 1. The summed E-state index contributed by atoms with van der Waals surface area (Å²) in [6.45, 7) is 6.33. The average Bonchev–Trinajstić information content (AvgIpc) is 2.42. The maximum Gasteiger partial charge on any atom is 0.149 e. The van der Waals surface area contributed by atoms with E-state index in [0.717, 1.165) is 42.5 Å². The maximum atomic E-state index is 4.59. The first-order valence-electron chi connectivity index (χ1n) is 6.81. The lowest BCUT2D eigenvalue weighted by atomic mass is 10.2. The van der Waals surface area contributed by atoms with Crippen molar-refractivity contribution in [2.75, 3.05) is 30.9 Å². The molecule has 0 unspecified atom stereocenters. The van der Waals surface area contributed by atoms with Gasteiger partial charge in [-0.15, -0.1) is 0 Å². The molecule has 1 saturated heterocycles. The first kappa shape index (κ1) is 13.1. The summed E-state index contributed by atoms with van der Waals surface area (Å²) in [5.74, 6) is 2.74. The van der Waals surface area contributed by atoms with Crippen LogP contribution in [0.25, 0.3) is 0 Å². The van der Waals surface area contributed by atoms with Crippen LogP contribution >= 0.6 is 0 Å². The van der Waals surface area contributed by atoms with E-state index in [2.05, 4.69) is 39.6 Å². The quantitative estimate of drug-likeness (QED) is 0.857. The van der Waals surface area contributed by atoms with Crippen molar-refractivity contribution in [2.45, 2.75) is 39.5 Å². The average molecular weight is 249 g/mol. The lowest BCUT2D eigenvalue weighted by Gasteiger charge is -2.28. The molecule has 0 bridgehead atoms. The van der Waals surface area contributed by atoms with Gasteiger partial charge in [0.25, 0.3) is 0 Å². The standard InChI is InChI=1S/C13H23N5/c1-4-11-15-12(14-3)10(2)13(16-11)17-18-8-6-5-7-9-18/h4-9H2,1-3H3,(H2,14,15,16,17). The molecule has 2 heterocycles. The smallest absolute Gasteiger partial charge is 0.149 e. The summed E-state index contributed by atoms with van der Waals surface area (Å²) < 4.78 is 0. The third-order valence-electron chi connectivity index (χ3n) is 3.37. The minimum atomic E-state index is 0.851. The highest BCUT2D eigenvalue weighted by Crippen LogP contribution is 2.21. The van der Waals surface area contributed by atoms with Gasteiger partial charge in [0.05, 0.1) is 0 Å². The van der Waals surface area contributed by atoms with E-state index in [0.29, 0.717) is 0 Å². The molecule has 0 radical (unpaired) electrons. The Morgan fingerprint density at radius 3 is 2.39 bits per heavy atom. The summed E-state index contributed by atoms with van der Waals surface area (Å²) in [5.41, 5.74) is 4.52. The second-order valence-electron chi connectivity index (χ2n) is 4.73. The van der Waals surface area contributed by atoms with Crippen molar-refractivity contribution < 1.29 is 0 Å². The Kier molecular flexibility index (Phi) is 4.36. The van der Waals surface area contributed by atoms with Gasteiger partial charge in [0.1, 0.15) is 17.5 Å². The molecule has 18 heavy (non-hydrogen) atoms. The van der Waals surface area contributed by atoms with Crippen LogP contribution in [-0.2, 0) is 6.42 Å². The molecule has 1 aliphatic rings. The van der Waals surface area contributed by atoms with Crippen molar-refractivity contribution in [3.05, 3.63) is 11.4 Å². The Labute approximate surface area is 109 Å². The highest BCUT2D eigenvalue weighted by atomic mass is 15.5. The molecule has 0 aliphatic carbocycles. The molecule has 0 saturated carbocycles. The molecule has 0 amide bonds. The highest BCUT2D eigenvalue weighted by Gasteiger charge is 2.14. The fourth-order valence-electron chi connectivity index (χ4n) is 2.23. The zero-order chi connectivity index (χ0) is 13.0. The molecule has 0 spiro atoms. The molecule has 0 aromatic carbocycles. The van der Waals surface area contributed by atoms with Crippen LogP contribution in [0, 0.1) is 6.92 Å². The molecule has 2 rings (SSSR count). The van der Waals surface area contributed by atoms with Gasteiger partial charge in [0.15, 0.2) is 0 Å². The molecule has 5 nitrogen and oxygen atoms in total. The SMILES string of the molecule is CCc1nc(NC)c(C)c(NN2CCCCC2)n1. The first-order chi connectivity index (χ1) is 8.74. The second-order valence-corrected chi connectivity index (χ2v) is 4.73. The fourth-order valence-corrected chi connectivity index (χ4v) is 2.23. The molecule has 1 aromatic heterocycles. The van der Waals surface area contributed by atoms with Gasteiger partial charge >= 0.3 is 0 Å². The summed E-state index contributed by atoms with van der Waals surface area (Å²) in [5, 5.41) is 5.40. The molecule has 1 fully saturated rings.